The SMILES string of the molecule is CC(C)(CCO)Nc1cccc(S(C)(=O)=O)c1[N+](=O)[O-]. The number of sulfone groups is 1. The lowest BCUT2D eigenvalue weighted by Gasteiger charge is -2.26. The van der Waals surface area contributed by atoms with Gasteiger partial charge in [-0.25, -0.2) is 8.42 Å². The second kappa shape index (κ2) is 5.76. The molecular formula is C12H18N2O5S. The van der Waals surface area contributed by atoms with Crippen molar-refractivity contribution in [1.82, 2.24) is 0 Å². The molecule has 0 fully saturated rings. The lowest BCUT2D eigenvalue weighted by molar-refractivity contribution is -0.386. The predicted molar refractivity (Wildman–Crippen MR) is 75.6 cm³/mol. The second-order valence-corrected chi connectivity index (χ2v) is 7.15. The van der Waals surface area contributed by atoms with Gasteiger partial charge in [-0.2, -0.15) is 0 Å². The number of benzene rings is 1. The van der Waals surface area contributed by atoms with Crippen LogP contribution in [0.15, 0.2) is 23.1 Å². The van der Waals surface area contributed by atoms with Crippen LogP contribution in [0.2, 0.25) is 0 Å². The number of nitro groups is 1. The fourth-order valence-electron chi connectivity index (χ4n) is 1.82. The second-order valence-electron chi connectivity index (χ2n) is 5.16. The van der Waals surface area contributed by atoms with Crippen LogP contribution in [0.3, 0.4) is 0 Å². The van der Waals surface area contributed by atoms with E-state index in [1.807, 2.05) is 0 Å². The number of anilines is 1. The molecule has 0 spiro atoms. The van der Waals surface area contributed by atoms with E-state index in [1.165, 1.54) is 18.2 Å². The van der Waals surface area contributed by atoms with E-state index in [-0.39, 0.29) is 17.2 Å². The number of nitro benzene ring substituents is 1. The van der Waals surface area contributed by atoms with Crippen molar-refractivity contribution in [2.75, 3.05) is 18.2 Å². The minimum absolute atomic E-state index is 0.0838. The Bertz CT molecular complexity index is 610. The topological polar surface area (TPSA) is 110 Å². The molecule has 8 heteroatoms. The molecule has 0 heterocycles. The Kier molecular flexibility index (Phi) is 4.72. The maximum absolute atomic E-state index is 11.6. The maximum Gasteiger partial charge on any atom is 0.310 e. The molecule has 0 atom stereocenters. The summed E-state index contributed by atoms with van der Waals surface area (Å²) >= 11 is 0. The van der Waals surface area contributed by atoms with Crippen molar-refractivity contribution in [2.24, 2.45) is 0 Å². The molecule has 0 aliphatic heterocycles. The van der Waals surface area contributed by atoms with Gasteiger partial charge in [0.2, 0.25) is 0 Å². The lowest BCUT2D eigenvalue weighted by Crippen LogP contribution is -2.32. The van der Waals surface area contributed by atoms with Crippen LogP contribution < -0.4 is 5.32 Å². The van der Waals surface area contributed by atoms with Gasteiger partial charge in [0, 0.05) is 18.4 Å². The first-order valence-electron chi connectivity index (χ1n) is 5.95. The van der Waals surface area contributed by atoms with Crippen molar-refractivity contribution < 1.29 is 18.4 Å². The molecule has 0 saturated carbocycles. The summed E-state index contributed by atoms with van der Waals surface area (Å²) in [5.74, 6) is 0. The summed E-state index contributed by atoms with van der Waals surface area (Å²) in [5.41, 5.74) is -0.951. The van der Waals surface area contributed by atoms with Gasteiger partial charge in [0.25, 0.3) is 0 Å². The van der Waals surface area contributed by atoms with Gasteiger partial charge in [0.1, 0.15) is 10.6 Å². The highest BCUT2D eigenvalue weighted by Crippen LogP contribution is 2.34. The summed E-state index contributed by atoms with van der Waals surface area (Å²) in [6.45, 7) is 3.44. The Balaban J connectivity index is 3.38. The van der Waals surface area contributed by atoms with E-state index in [2.05, 4.69) is 5.32 Å². The fourth-order valence-corrected chi connectivity index (χ4v) is 2.68. The number of aliphatic hydroxyl groups excluding tert-OH is 1. The number of nitrogens with zero attached hydrogens (tertiary/aromatic N) is 1. The van der Waals surface area contributed by atoms with Crippen molar-refractivity contribution in [3.05, 3.63) is 28.3 Å². The predicted octanol–water partition coefficient (Wildman–Crippen LogP) is 1.57. The first-order valence-corrected chi connectivity index (χ1v) is 7.84. The first kappa shape index (κ1) is 16.4. The molecule has 0 aliphatic rings. The van der Waals surface area contributed by atoms with E-state index >= 15 is 0 Å². The highest BCUT2D eigenvalue weighted by atomic mass is 32.2. The summed E-state index contributed by atoms with van der Waals surface area (Å²) in [6, 6.07) is 4.10. The molecule has 0 bridgehead atoms. The average Bonchev–Trinajstić information content (AvgIpc) is 2.26. The molecule has 112 valence electrons. The molecule has 2 N–H and O–H groups in total. The fraction of sp³-hybridized carbons (Fsp3) is 0.500. The molecule has 0 aliphatic carbocycles. The van der Waals surface area contributed by atoms with Gasteiger partial charge < -0.3 is 10.4 Å². The van der Waals surface area contributed by atoms with Crippen LogP contribution in [-0.2, 0) is 9.84 Å². The third-order valence-corrected chi connectivity index (χ3v) is 3.92. The molecule has 7 nitrogen and oxygen atoms in total. The molecule has 1 aromatic carbocycles. The molecule has 0 unspecified atom stereocenters. The minimum Gasteiger partial charge on any atom is -0.396 e. The number of rotatable bonds is 6. The molecule has 1 rings (SSSR count). The summed E-state index contributed by atoms with van der Waals surface area (Å²) < 4.78 is 23.3. The van der Waals surface area contributed by atoms with Crippen molar-refractivity contribution in [3.63, 3.8) is 0 Å². The minimum atomic E-state index is -3.70. The average molecular weight is 302 g/mol. The number of aliphatic hydroxyl groups is 1. The Hall–Kier alpha value is -1.67. The highest BCUT2D eigenvalue weighted by molar-refractivity contribution is 7.90. The summed E-state index contributed by atoms with van der Waals surface area (Å²) in [7, 11) is -3.70. The number of nitrogens with one attached hydrogen (secondary N) is 1. The largest absolute Gasteiger partial charge is 0.396 e. The van der Waals surface area contributed by atoms with Gasteiger partial charge in [-0.3, -0.25) is 10.1 Å². The third-order valence-electron chi connectivity index (χ3n) is 2.79. The lowest BCUT2D eigenvalue weighted by atomic mass is 10.0. The Morgan fingerprint density at radius 3 is 2.45 bits per heavy atom. The van der Waals surface area contributed by atoms with Gasteiger partial charge in [-0.1, -0.05) is 6.07 Å². The van der Waals surface area contributed by atoms with Crippen LogP contribution in [0.5, 0.6) is 0 Å². The van der Waals surface area contributed by atoms with Gasteiger partial charge in [-0.05, 0) is 32.4 Å². The zero-order valence-electron chi connectivity index (χ0n) is 11.6. The quantitative estimate of drug-likeness (QED) is 0.609. The van der Waals surface area contributed by atoms with E-state index < -0.39 is 26.0 Å². The van der Waals surface area contributed by atoms with Crippen molar-refractivity contribution >= 4 is 21.2 Å². The first-order chi connectivity index (χ1) is 9.08. The van der Waals surface area contributed by atoms with Crippen molar-refractivity contribution in [1.29, 1.82) is 0 Å². The molecule has 20 heavy (non-hydrogen) atoms. The molecule has 0 amide bonds. The van der Waals surface area contributed by atoms with E-state index in [9.17, 15) is 18.5 Å². The van der Waals surface area contributed by atoms with Crippen molar-refractivity contribution in [3.8, 4) is 0 Å². The van der Waals surface area contributed by atoms with Crippen molar-refractivity contribution in [2.45, 2.75) is 30.7 Å². The number of para-hydroxylation sites is 1. The van der Waals surface area contributed by atoms with Gasteiger partial charge in [0.05, 0.1) is 4.92 Å². The highest BCUT2D eigenvalue weighted by Gasteiger charge is 2.28. The molecule has 0 saturated heterocycles. The zero-order valence-corrected chi connectivity index (χ0v) is 12.4. The standard InChI is InChI=1S/C12H18N2O5S/c1-12(2,7-8-15)13-9-5-4-6-10(20(3,18)19)11(9)14(16)17/h4-6,13,15H,7-8H2,1-3H3. The summed E-state index contributed by atoms with van der Waals surface area (Å²) in [5, 5.41) is 23.1. The van der Waals surface area contributed by atoms with Gasteiger partial charge >= 0.3 is 5.69 Å². The van der Waals surface area contributed by atoms with E-state index in [4.69, 9.17) is 5.11 Å². The van der Waals surface area contributed by atoms with Crippen LogP contribution in [0.25, 0.3) is 0 Å². The zero-order chi connectivity index (χ0) is 15.6. The van der Waals surface area contributed by atoms with Crippen LogP contribution >= 0.6 is 0 Å². The smallest absolute Gasteiger partial charge is 0.310 e. The maximum atomic E-state index is 11.6. The van der Waals surface area contributed by atoms with Gasteiger partial charge in [0.15, 0.2) is 9.84 Å². The normalized spacial score (nSPS) is 12.2. The van der Waals surface area contributed by atoms with E-state index in [1.54, 1.807) is 13.8 Å². The summed E-state index contributed by atoms with van der Waals surface area (Å²) in [4.78, 5) is 10.1. The number of hydrogen-bond donors (Lipinski definition) is 2. The summed E-state index contributed by atoms with van der Waals surface area (Å²) in [6.07, 6.45) is 1.30. The van der Waals surface area contributed by atoms with E-state index in [0.717, 1.165) is 6.26 Å². The van der Waals surface area contributed by atoms with Crippen LogP contribution in [-0.4, -0.2) is 36.8 Å². The van der Waals surface area contributed by atoms with Crippen LogP contribution in [0, 0.1) is 10.1 Å². The van der Waals surface area contributed by atoms with Crippen LogP contribution in [0.1, 0.15) is 20.3 Å². The van der Waals surface area contributed by atoms with Crippen LogP contribution in [0.4, 0.5) is 11.4 Å². The Labute approximate surface area is 117 Å². The van der Waals surface area contributed by atoms with Gasteiger partial charge in [-0.15, -0.1) is 0 Å². The Morgan fingerprint density at radius 1 is 1.40 bits per heavy atom. The van der Waals surface area contributed by atoms with E-state index in [0.29, 0.717) is 6.42 Å². The molecule has 0 aromatic heterocycles. The number of hydrogen-bond acceptors (Lipinski definition) is 6. The third kappa shape index (κ3) is 3.91. The molecule has 0 radical (unpaired) electrons. The monoisotopic (exact) mass is 302 g/mol. The molecule has 1 aromatic rings. The Morgan fingerprint density at radius 2 is 2.00 bits per heavy atom. The molecular weight excluding hydrogens is 284 g/mol.